The van der Waals surface area contributed by atoms with Crippen molar-refractivity contribution in [1.82, 2.24) is 9.13 Å². The maximum Gasteiger partial charge on any atom is 0.252 e. The highest BCUT2D eigenvalue weighted by atomic mass is 28.3. The Morgan fingerprint density at radius 1 is 0.393 bits per heavy atom. The Kier molecular flexibility index (Phi) is 11.1. The van der Waals surface area contributed by atoms with E-state index in [1.54, 1.807) is 15.6 Å². The van der Waals surface area contributed by atoms with Crippen molar-refractivity contribution in [2.75, 3.05) is 4.90 Å². The molecular weight excluding hydrogens is 1030 g/mol. The molecular formula is C79H82BN3Si. The van der Waals surface area contributed by atoms with Crippen molar-refractivity contribution >= 4 is 113 Å². The zero-order chi connectivity index (χ0) is 59.0. The number of anilines is 3. The Labute approximate surface area is 500 Å². The van der Waals surface area contributed by atoms with E-state index in [0.717, 1.165) is 0 Å². The first-order valence-electron chi connectivity index (χ1n) is 31.4. The van der Waals surface area contributed by atoms with Crippen LogP contribution in [0.5, 0.6) is 0 Å². The van der Waals surface area contributed by atoms with Gasteiger partial charge in [0.05, 0.1) is 22.2 Å². The maximum absolute atomic E-state index is 3.19. The van der Waals surface area contributed by atoms with Gasteiger partial charge >= 0.3 is 0 Å². The first-order chi connectivity index (χ1) is 39.7. The maximum atomic E-state index is 2.85. The lowest BCUT2D eigenvalue weighted by molar-refractivity contribution is 0.590. The van der Waals surface area contributed by atoms with Gasteiger partial charge in [-0.1, -0.05) is 216 Å². The molecule has 0 saturated heterocycles. The van der Waals surface area contributed by atoms with Gasteiger partial charge in [-0.2, -0.15) is 0 Å². The van der Waals surface area contributed by atoms with Crippen molar-refractivity contribution in [3.8, 4) is 22.5 Å². The van der Waals surface area contributed by atoms with Gasteiger partial charge in [-0.3, -0.25) is 0 Å². The van der Waals surface area contributed by atoms with Crippen molar-refractivity contribution in [2.24, 2.45) is 0 Å². The quantitative estimate of drug-likeness (QED) is 0.151. The van der Waals surface area contributed by atoms with Crippen molar-refractivity contribution < 1.29 is 0 Å². The smallest absolute Gasteiger partial charge is 0.252 e. The minimum Gasteiger partial charge on any atom is -0.310 e. The van der Waals surface area contributed by atoms with E-state index in [4.69, 9.17) is 0 Å². The van der Waals surface area contributed by atoms with Crippen LogP contribution < -0.4 is 42.0 Å². The fraction of sp³-hybridized carbons (Fsp3) is 0.316. The average Bonchev–Trinajstić information content (AvgIpc) is 1.41. The third-order valence-electron chi connectivity index (χ3n) is 20.5. The van der Waals surface area contributed by atoms with Crippen molar-refractivity contribution in [3.63, 3.8) is 0 Å². The molecule has 3 nitrogen and oxygen atoms in total. The molecule has 4 aliphatic heterocycles. The van der Waals surface area contributed by atoms with Crippen LogP contribution in [0.25, 0.3) is 66.1 Å². The van der Waals surface area contributed by atoms with Gasteiger partial charge in [0.15, 0.2) is 8.07 Å². The highest BCUT2D eigenvalue weighted by Crippen LogP contribution is 2.49. The molecule has 4 aliphatic rings. The summed E-state index contributed by atoms with van der Waals surface area (Å²) < 4.78 is 5.58. The van der Waals surface area contributed by atoms with Crippen molar-refractivity contribution in [3.05, 3.63) is 191 Å². The van der Waals surface area contributed by atoms with E-state index >= 15 is 0 Å². The summed E-state index contributed by atoms with van der Waals surface area (Å²) in [6.07, 6.45) is 0. The molecule has 0 unspecified atom stereocenters. The van der Waals surface area contributed by atoms with Gasteiger partial charge in [-0.05, 0) is 187 Å². The van der Waals surface area contributed by atoms with Crippen molar-refractivity contribution in [2.45, 2.75) is 164 Å². The first-order valence-corrected chi connectivity index (χ1v) is 33.4. The second-order valence-electron chi connectivity index (χ2n) is 30.8. The molecule has 5 heteroatoms. The topological polar surface area (TPSA) is 13.1 Å². The van der Waals surface area contributed by atoms with E-state index in [1.165, 1.54) is 144 Å². The van der Waals surface area contributed by atoms with Gasteiger partial charge in [0.25, 0.3) is 6.71 Å². The number of benzene rings is 9. The van der Waals surface area contributed by atoms with E-state index in [2.05, 4.69) is 290 Å². The van der Waals surface area contributed by atoms with Crippen molar-refractivity contribution in [1.29, 1.82) is 0 Å². The molecule has 2 aromatic heterocycles. The molecule has 1 spiro atoms. The van der Waals surface area contributed by atoms with Crippen LogP contribution in [-0.2, 0) is 21.7 Å². The monoisotopic (exact) mass is 1110 g/mol. The minimum absolute atomic E-state index is 0.0320. The lowest BCUT2D eigenvalue weighted by Gasteiger charge is -2.43. The van der Waals surface area contributed by atoms with Gasteiger partial charge in [-0.25, -0.2) is 0 Å². The fourth-order valence-corrected chi connectivity index (χ4v) is 21.3. The van der Waals surface area contributed by atoms with Gasteiger partial charge in [0, 0.05) is 49.8 Å². The average molecular weight is 1110 g/mol. The SMILES string of the molecule is CC(C)c1ccc(N(c2ccc(C(C)C)cc2)c2ccc3c4c2c2cc(C(C)C)ccc2n4-c2ccc4c5c2B3c2cc(C(C)(C)C)cc3c6cc(C(C)(C)C)cc(c6n-5c23)[Si]42c3cc(C(C)(C)C)ccc3-c3ccc(C(C)(C)C)cc32)cc1. The first kappa shape index (κ1) is 53.4. The Balaban J connectivity index is 1.15. The lowest BCUT2D eigenvalue weighted by atomic mass is 9.34. The van der Waals surface area contributed by atoms with Crippen LogP contribution in [0.1, 0.15) is 181 Å². The van der Waals surface area contributed by atoms with Crippen LogP contribution in [0.3, 0.4) is 0 Å². The van der Waals surface area contributed by atoms with E-state index < -0.39 is 8.07 Å². The zero-order valence-corrected chi connectivity index (χ0v) is 54.1. The number of hydrogen-bond acceptors (Lipinski definition) is 1. The fourth-order valence-electron chi connectivity index (χ4n) is 15.6. The number of rotatable bonds is 6. The molecule has 6 heterocycles. The Hall–Kier alpha value is -7.34. The second-order valence-corrected chi connectivity index (χ2v) is 34.5. The predicted octanol–water partition coefficient (Wildman–Crippen LogP) is 16.7. The molecule has 0 N–H and O–H groups in total. The summed E-state index contributed by atoms with van der Waals surface area (Å²) in [5, 5.41) is 11.6. The molecule has 84 heavy (non-hydrogen) atoms. The van der Waals surface area contributed by atoms with E-state index in [9.17, 15) is 0 Å². The molecule has 0 aliphatic carbocycles. The van der Waals surface area contributed by atoms with Crippen LogP contribution in [0, 0.1) is 0 Å². The summed E-state index contributed by atoms with van der Waals surface area (Å²) >= 11 is 0. The highest BCUT2D eigenvalue weighted by Gasteiger charge is 2.57. The predicted molar refractivity (Wildman–Crippen MR) is 368 cm³/mol. The summed E-state index contributed by atoms with van der Waals surface area (Å²) in [4.78, 5) is 2.56. The second kappa shape index (κ2) is 17.4. The summed E-state index contributed by atoms with van der Waals surface area (Å²) in [7, 11) is -3.19. The Morgan fingerprint density at radius 3 is 1.42 bits per heavy atom. The van der Waals surface area contributed by atoms with Gasteiger partial charge in [0.2, 0.25) is 0 Å². The summed E-state index contributed by atoms with van der Waals surface area (Å²) in [5.41, 5.74) is 28.1. The van der Waals surface area contributed by atoms with E-state index in [1.807, 2.05) is 0 Å². The normalized spacial score (nSPS) is 14.7. The standard InChI is InChI=1S/C79H82BN3Si/c1-44(2)47-19-26-54(27-20-47)81(55-28-21-48(22-29-55)45(3)4)64-34-32-61-74-70(64)60-37-49(46(5)6)23-33-63(60)82(74)65-35-36-66-75-71(65)80(61)62-40-52(78(13,14)15)38-58-59-39-53(79(16,17)18)43-69(73(59)83(75)72(58)62)84(66)67-41-50(76(7,8)9)24-30-56(67)57-31-25-51(42-68(57)84)77(10,11)12/h19-46H,1-18H3. The molecule has 0 radical (unpaired) electrons. The number of hydrogen-bond donors (Lipinski definition) is 0. The molecule has 0 amide bonds. The van der Waals surface area contributed by atoms with Crippen LogP contribution >= 0.6 is 0 Å². The van der Waals surface area contributed by atoms with Gasteiger partial charge in [-0.15, -0.1) is 0 Å². The van der Waals surface area contributed by atoms with Gasteiger partial charge < -0.3 is 14.0 Å². The van der Waals surface area contributed by atoms with E-state index in [0.29, 0.717) is 17.8 Å². The zero-order valence-electron chi connectivity index (χ0n) is 53.1. The largest absolute Gasteiger partial charge is 0.310 e. The summed E-state index contributed by atoms with van der Waals surface area (Å²) in [6, 6.07) is 62.6. The number of nitrogens with zero attached hydrogens (tertiary/aromatic N) is 3. The molecule has 9 aromatic carbocycles. The van der Waals surface area contributed by atoms with Crippen LogP contribution in [-0.4, -0.2) is 23.9 Å². The van der Waals surface area contributed by atoms with Crippen LogP contribution in [0.2, 0.25) is 0 Å². The molecule has 420 valence electrons. The van der Waals surface area contributed by atoms with Crippen LogP contribution in [0.15, 0.2) is 152 Å². The molecule has 15 rings (SSSR count). The number of fused-ring (bicyclic) bond motifs is 14. The summed E-state index contributed by atoms with van der Waals surface area (Å²) in [5.74, 6) is 1.22. The van der Waals surface area contributed by atoms with E-state index in [-0.39, 0.29) is 28.4 Å². The van der Waals surface area contributed by atoms with Gasteiger partial charge in [0.1, 0.15) is 0 Å². The molecule has 0 saturated carbocycles. The summed E-state index contributed by atoms with van der Waals surface area (Å²) in [6.45, 7) is 42.9. The molecule has 0 bridgehead atoms. The lowest BCUT2D eigenvalue weighted by Crippen LogP contribution is -2.77. The Morgan fingerprint density at radius 2 is 0.893 bits per heavy atom. The Bertz CT molecular complexity index is 4550. The third-order valence-corrected chi connectivity index (χ3v) is 25.3. The minimum atomic E-state index is -3.19. The number of aromatic nitrogens is 2. The van der Waals surface area contributed by atoms with Crippen LogP contribution in [0.4, 0.5) is 17.1 Å². The molecule has 11 aromatic rings. The molecule has 0 atom stereocenters. The third kappa shape index (κ3) is 7.17. The highest BCUT2D eigenvalue weighted by molar-refractivity contribution is 7.24. The molecule has 0 fully saturated rings.